The molecular formula is C24H21N3O5. The van der Waals surface area contributed by atoms with Gasteiger partial charge in [0.05, 0.1) is 13.3 Å². The normalized spacial score (nSPS) is 10.4. The Morgan fingerprint density at radius 1 is 0.875 bits per heavy atom. The third kappa shape index (κ3) is 6.27. The van der Waals surface area contributed by atoms with Gasteiger partial charge in [0.25, 0.3) is 0 Å². The summed E-state index contributed by atoms with van der Waals surface area (Å²) in [5.41, 5.74) is 3.99. The van der Waals surface area contributed by atoms with E-state index in [1.54, 1.807) is 48.5 Å². The molecular weight excluding hydrogens is 410 g/mol. The highest BCUT2D eigenvalue weighted by molar-refractivity contribution is 6.35. The molecule has 32 heavy (non-hydrogen) atoms. The van der Waals surface area contributed by atoms with E-state index in [0.29, 0.717) is 22.6 Å². The van der Waals surface area contributed by atoms with Crippen LogP contribution >= 0.6 is 0 Å². The Labute approximate surface area is 184 Å². The van der Waals surface area contributed by atoms with E-state index in [9.17, 15) is 14.4 Å². The molecule has 0 saturated heterocycles. The molecule has 0 aliphatic heterocycles. The minimum atomic E-state index is -0.875. The molecule has 0 fully saturated rings. The van der Waals surface area contributed by atoms with Gasteiger partial charge in [0.15, 0.2) is 0 Å². The van der Waals surface area contributed by atoms with Crippen LogP contribution in [0, 0.1) is 0 Å². The van der Waals surface area contributed by atoms with Crippen LogP contribution < -0.4 is 20.2 Å². The molecule has 8 nitrogen and oxygen atoms in total. The van der Waals surface area contributed by atoms with Crippen LogP contribution in [0.2, 0.25) is 0 Å². The van der Waals surface area contributed by atoms with Gasteiger partial charge < -0.3 is 14.8 Å². The summed E-state index contributed by atoms with van der Waals surface area (Å²) in [6.45, 7) is 0.242. The topological polar surface area (TPSA) is 106 Å². The van der Waals surface area contributed by atoms with Crippen LogP contribution in [0.1, 0.15) is 21.5 Å². The van der Waals surface area contributed by atoms with Crippen molar-refractivity contribution in [2.45, 2.75) is 6.54 Å². The van der Waals surface area contributed by atoms with Gasteiger partial charge in [-0.1, -0.05) is 42.5 Å². The third-order valence-electron chi connectivity index (χ3n) is 4.30. The van der Waals surface area contributed by atoms with Gasteiger partial charge in [-0.05, 0) is 47.5 Å². The zero-order chi connectivity index (χ0) is 22.8. The maximum atomic E-state index is 12.3. The van der Waals surface area contributed by atoms with Crippen LogP contribution in [0.3, 0.4) is 0 Å². The number of carbonyl (C=O) groups excluding carboxylic acids is 3. The van der Waals surface area contributed by atoms with Gasteiger partial charge >= 0.3 is 17.8 Å². The number of hydrazone groups is 1. The minimum Gasteiger partial charge on any atom is -0.496 e. The molecule has 0 spiro atoms. The lowest BCUT2D eigenvalue weighted by atomic mass is 10.2. The van der Waals surface area contributed by atoms with Gasteiger partial charge in [0.1, 0.15) is 17.1 Å². The van der Waals surface area contributed by atoms with Crippen molar-refractivity contribution in [1.82, 2.24) is 10.7 Å². The standard InChI is InChI=1S/C24H21N3O5/c1-31-21-10-6-5-9-20(21)24(30)32-19-13-11-18(12-14-19)16-26-27-23(29)22(28)25-15-17-7-3-2-4-8-17/h2-14,16H,15H2,1H3,(H,25,28)(H,27,29)/b26-16+. The van der Waals surface area contributed by atoms with Crippen LogP contribution in [0.4, 0.5) is 0 Å². The summed E-state index contributed by atoms with van der Waals surface area (Å²) in [5.74, 6) is -1.45. The molecule has 0 radical (unpaired) electrons. The molecule has 8 heteroatoms. The highest BCUT2D eigenvalue weighted by atomic mass is 16.5. The Balaban J connectivity index is 1.49. The number of rotatable bonds is 7. The average molecular weight is 431 g/mol. The molecule has 2 amide bonds. The minimum absolute atomic E-state index is 0.242. The molecule has 0 aliphatic rings. The first-order valence-electron chi connectivity index (χ1n) is 9.67. The lowest BCUT2D eigenvalue weighted by molar-refractivity contribution is -0.139. The van der Waals surface area contributed by atoms with E-state index in [0.717, 1.165) is 5.56 Å². The first-order valence-corrected chi connectivity index (χ1v) is 9.67. The molecule has 3 rings (SSSR count). The number of nitrogens with one attached hydrogen (secondary N) is 2. The van der Waals surface area contributed by atoms with Crippen molar-refractivity contribution in [1.29, 1.82) is 0 Å². The Morgan fingerprint density at radius 2 is 1.56 bits per heavy atom. The monoisotopic (exact) mass is 431 g/mol. The summed E-state index contributed by atoms with van der Waals surface area (Å²) < 4.78 is 10.5. The maximum Gasteiger partial charge on any atom is 0.347 e. The number of methoxy groups -OCH3 is 1. The van der Waals surface area contributed by atoms with Crippen molar-refractivity contribution in [3.8, 4) is 11.5 Å². The zero-order valence-corrected chi connectivity index (χ0v) is 17.3. The van der Waals surface area contributed by atoms with Crippen molar-refractivity contribution in [3.05, 3.63) is 95.6 Å². The lowest BCUT2D eigenvalue weighted by Gasteiger charge is -2.08. The van der Waals surface area contributed by atoms with Crippen molar-refractivity contribution in [2.24, 2.45) is 5.10 Å². The highest BCUT2D eigenvalue weighted by Crippen LogP contribution is 2.20. The van der Waals surface area contributed by atoms with Gasteiger partial charge in [-0.3, -0.25) is 9.59 Å². The molecule has 0 atom stereocenters. The Hall–Kier alpha value is -4.46. The number of nitrogens with zero attached hydrogens (tertiary/aromatic N) is 1. The molecule has 3 aromatic carbocycles. The quantitative estimate of drug-likeness (QED) is 0.197. The fraction of sp³-hybridized carbons (Fsp3) is 0.0833. The van der Waals surface area contributed by atoms with Crippen LogP contribution in [-0.4, -0.2) is 31.1 Å². The van der Waals surface area contributed by atoms with Gasteiger partial charge in [0, 0.05) is 6.54 Å². The average Bonchev–Trinajstić information content (AvgIpc) is 2.84. The predicted molar refractivity (Wildman–Crippen MR) is 118 cm³/mol. The van der Waals surface area contributed by atoms with Crippen molar-refractivity contribution in [3.63, 3.8) is 0 Å². The molecule has 0 saturated carbocycles. The molecule has 0 heterocycles. The first-order chi connectivity index (χ1) is 15.6. The van der Waals surface area contributed by atoms with Crippen LogP contribution in [0.15, 0.2) is 84.0 Å². The van der Waals surface area contributed by atoms with Crippen molar-refractivity contribution in [2.75, 3.05) is 7.11 Å². The fourth-order valence-corrected chi connectivity index (χ4v) is 2.67. The molecule has 0 bridgehead atoms. The van der Waals surface area contributed by atoms with Crippen LogP contribution in [0.25, 0.3) is 0 Å². The SMILES string of the molecule is COc1ccccc1C(=O)Oc1ccc(/C=N/NC(=O)C(=O)NCc2ccccc2)cc1. The summed E-state index contributed by atoms with van der Waals surface area (Å²) in [6.07, 6.45) is 1.37. The second kappa shape index (κ2) is 11.1. The molecule has 0 aliphatic carbocycles. The summed E-state index contributed by atoms with van der Waals surface area (Å²) in [6, 6.07) is 22.5. The number of amides is 2. The van der Waals surface area contributed by atoms with Crippen molar-refractivity contribution >= 4 is 24.0 Å². The van der Waals surface area contributed by atoms with Gasteiger partial charge in [-0.25, -0.2) is 10.2 Å². The fourth-order valence-electron chi connectivity index (χ4n) is 2.67. The number of esters is 1. The molecule has 3 aromatic rings. The maximum absolute atomic E-state index is 12.3. The smallest absolute Gasteiger partial charge is 0.347 e. The van der Waals surface area contributed by atoms with E-state index in [2.05, 4.69) is 15.8 Å². The largest absolute Gasteiger partial charge is 0.496 e. The molecule has 162 valence electrons. The Bertz CT molecular complexity index is 1110. The second-order valence-corrected chi connectivity index (χ2v) is 6.53. The Morgan fingerprint density at radius 3 is 2.28 bits per heavy atom. The Kier molecular flexibility index (Phi) is 7.69. The van der Waals surface area contributed by atoms with Gasteiger partial charge in [-0.2, -0.15) is 5.10 Å². The van der Waals surface area contributed by atoms with E-state index < -0.39 is 17.8 Å². The summed E-state index contributed by atoms with van der Waals surface area (Å²) in [7, 11) is 1.48. The van der Waals surface area contributed by atoms with E-state index in [-0.39, 0.29) is 6.54 Å². The number of benzene rings is 3. The number of hydrogen-bond donors (Lipinski definition) is 2. The van der Waals surface area contributed by atoms with Crippen molar-refractivity contribution < 1.29 is 23.9 Å². The van der Waals surface area contributed by atoms with E-state index in [4.69, 9.17) is 9.47 Å². The first kappa shape index (κ1) is 22.2. The lowest BCUT2D eigenvalue weighted by Crippen LogP contribution is -2.37. The molecule has 0 unspecified atom stereocenters. The second-order valence-electron chi connectivity index (χ2n) is 6.53. The van der Waals surface area contributed by atoms with Gasteiger partial charge in [-0.15, -0.1) is 0 Å². The molecule has 2 N–H and O–H groups in total. The van der Waals surface area contributed by atoms with Crippen LogP contribution in [0.5, 0.6) is 11.5 Å². The number of hydrogen-bond acceptors (Lipinski definition) is 6. The number of ether oxygens (including phenoxy) is 2. The summed E-state index contributed by atoms with van der Waals surface area (Å²) in [4.78, 5) is 35.9. The summed E-state index contributed by atoms with van der Waals surface area (Å²) >= 11 is 0. The number of para-hydroxylation sites is 1. The summed E-state index contributed by atoms with van der Waals surface area (Å²) in [5, 5.41) is 6.28. The van der Waals surface area contributed by atoms with Gasteiger partial charge in [0.2, 0.25) is 0 Å². The third-order valence-corrected chi connectivity index (χ3v) is 4.30. The molecule has 0 aromatic heterocycles. The van der Waals surface area contributed by atoms with E-state index in [1.807, 2.05) is 30.3 Å². The zero-order valence-electron chi connectivity index (χ0n) is 17.3. The highest BCUT2D eigenvalue weighted by Gasteiger charge is 2.14. The predicted octanol–water partition coefficient (Wildman–Crippen LogP) is 2.68. The van der Waals surface area contributed by atoms with E-state index in [1.165, 1.54) is 13.3 Å². The number of carbonyl (C=O) groups is 3. The van der Waals surface area contributed by atoms with E-state index >= 15 is 0 Å². The van der Waals surface area contributed by atoms with Crippen LogP contribution in [-0.2, 0) is 16.1 Å².